The van der Waals surface area contributed by atoms with E-state index >= 15 is 0 Å². The van der Waals surface area contributed by atoms with Crippen LogP contribution in [0.1, 0.15) is 13.8 Å². The first kappa shape index (κ1) is 12.8. The highest BCUT2D eigenvalue weighted by molar-refractivity contribution is 7.99. The van der Waals surface area contributed by atoms with Crippen molar-refractivity contribution in [3.63, 3.8) is 0 Å². The van der Waals surface area contributed by atoms with Crippen LogP contribution in [0.4, 0.5) is 5.95 Å². The van der Waals surface area contributed by atoms with Crippen LogP contribution in [0.2, 0.25) is 0 Å². The zero-order chi connectivity index (χ0) is 12.1. The first-order valence-electron chi connectivity index (χ1n) is 5.09. The van der Waals surface area contributed by atoms with Gasteiger partial charge in [-0.3, -0.25) is 9.36 Å². The van der Waals surface area contributed by atoms with E-state index < -0.39 is 5.97 Å². The second kappa shape index (κ2) is 5.74. The number of carbonyl (C=O) groups is 1. The average molecular weight is 244 g/mol. The maximum absolute atomic E-state index is 10.5. The molecule has 0 bridgehead atoms. The summed E-state index contributed by atoms with van der Waals surface area (Å²) in [5, 5.41) is 17.3. The van der Waals surface area contributed by atoms with Crippen LogP contribution in [-0.4, -0.2) is 45.2 Å². The summed E-state index contributed by atoms with van der Waals surface area (Å²) in [6, 6.07) is 0. The lowest BCUT2D eigenvalue weighted by Gasteiger charge is -2.16. The van der Waals surface area contributed by atoms with Crippen molar-refractivity contribution in [3.05, 3.63) is 0 Å². The molecule has 1 aromatic heterocycles. The van der Waals surface area contributed by atoms with Crippen LogP contribution in [-0.2, 0) is 11.3 Å². The molecule has 1 rings (SSSR count). The maximum atomic E-state index is 10.5. The molecule has 0 spiro atoms. The minimum Gasteiger partial charge on any atom is -0.481 e. The van der Waals surface area contributed by atoms with Gasteiger partial charge < -0.3 is 10.0 Å². The van der Waals surface area contributed by atoms with Gasteiger partial charge in [0.1, 0.15) is 0 Å². The Labute approximate surface area is 98.7 Å². The third kappa shape index (κ3) is 2.88. The van der Waals surface area contributed by atoms with E-state index in [4.69, 9.17) is 5.11 Å². The van der Waals surface area contributed by atoms with Gasteiger partial charge in [-0.15, -0.1) is 10.2 Å². The van der Waals surface area contributed by atoms with E-state index in [1.165, 1.54) is 11.8 Å². The Bertz CT molecular complexity index is 366. The molecule has 0 atom stereocenters. The molecule has 0 aliphatic carbocycles. The second-order valence-electron chi connectivity index (χ2n) is 3.22. The average Bonchev–Trinajstić information content (AvgIpc) is 2.67. The third-order valence-corrected chi connectivity index (χ3v) is 3.11. The topological polar surface area (TPSA) is 71.2 Å². The molecule has 0 amide bonds. The molecule has 7 heteroatoms. The largest absolute Gasteiger partial charge is 0.481 e. The van der Waals surface area contributed by atoms with Crippen LogP contribution in [0.5, 0.6) is 0 Å². The van der Waals surface area contributed by atoms with E-state index in [-0.39, 0.29) is 5.75 Å². The SMILES string of the molecule is CCN(C)c1nnc(SCC(=O)O)n1CC. The molecule has 6 nitrogen and oxygen atoms in total. The summed E-state index contributed by atoms with van der Waals surface area (Å²) in [5.74, 6) is -0.0625. The Morgan fingerprint density at radius 2 is 2.19 bits per heavy atom. The van der Waals surface area contributed by atoms with Crippen molar-refractivity contribution in [1.29, 1.82) is 0 Å². The number of rotatable bonds is 6. The van der Waals surface area contributed by atoms with Crippen LogP contribution in [0.15, 0.2) is 5.16 Å². The summed E-state index contributed by atoms with van der Waals surface area (Å²) in [7, 11) is 1.93. The van der Waals surface area contributed by atoms with Gasteiger partial charge >= 0.3 is 5.97 Å². The minimum absolute atomic E-state index is 0.00791. The Balaban J connectivity index is 2.85. The molecular formula is C9H16N4O2S. The highest BCUT2D eigenvalue weighted by atomic mass is 32.2. The van der Waals surface area contributed by atoms with Crippen molar-refractivity contribution in [3.8, 4) is 0 Å². The van der Waals surface area contributed by atoms with E-state index in [1.54, 1.807) is 0 Å². The van der Waals surface area contributed by atoms with E-state index in [9.17, 15) is 4.79 Å². The third-order valence-electron chi connectivity index (χ3n) is 2.15. The van der Waals surface area contributed by atoms with Crippen molar-refractivity contribution in [2.75, 3.05) is 24.2 Å². The molecule has 0 aliphatic heterocycles. The van der Waals surface area contributed by atoms with E-state index in [2.05, 4.69) is 10.2 Å². The minimum atomic E-state index is -0.846. The fraction of sp³-hybridized carbons (Fsp3) is 0.667. The van der Waals surface area contributed by atoms with Gasteiger partial charge in [0.15, 0.2) is 5.16 Å². The van der Waals surface area contributed by atoms with Gasteiger partial charge in [-0.1, -0.05) is 11.8 Å². The molecule has 0 radical (unpaired) electrons. The summed E-state index contributed by atoms with van der Waals surface area (Å²) in [4.78, 5) is 12.5. The Hall–Kier alpha value is -1.24. The van der Waals surface area contributed by atoms with E-state index in [0.717, 1.165) is 19.0 Å². The number of hydrogen-bond donors (Lipinski definition) is 1. The lowest BCUT2D eigenvalue weighted by Crippen LogP contribution is -2.20. The smallest absolute Gasteiger partial charge is 0.313 e. The molecule has 0 saturated carbocycles. The van der Waals surface area contributed by atoms with Gasteiger partial charge in [0.2, 0.25) is 5.95 Å². The standard InChI is InChI=1S/C9H16N4O2S/c1-4-12(3)8-10-11-9(13(8)5-2)16-6-7(14)15/h4-6H2,1-3H3,(H,14,15). The van der Waals surface area contributed by atoms with Crippen molar-refractivity contribution >= 4 is 23.7 Å². The number of nitrogens with zero attached hydrogens (tertiary/aromatic N) is 4. The van der Waals surface area contributed by atoms with Gasteiger partial charge in [0.05, 0.1) is 5.75 Å². The quantitative estimate of drug-likeness (QED) is 0.751. The van der Waals surface area contributed by atoms with Gasteiger partial charge in [0, 0.05) is 20.1 Å². The normalized spacial score (nSPS) is 10.4. The predicted octanol–water partition coefficient (Wildman–Crippen LogP) is 0.931. The van der Waals surface area contributed by atoms with Crippen molar-refractivity contribution in [2.24, 2.45) is 0 Å². The summed E-state index contributed by atoms with van der Waals surface area (Å²) in [6.07, 6.45) is 0. The second-order valence-corrected chi connectivity index (χ2v) is 4.17. The van der Waals surface area contributed by atoms with Crippen LogP contribution >= 0.6 is 11.8 Å². The van der Waals surface area contributed by atoms with Gasteiger partial charge in [-0.25, -0.2) is 0 Å². The zero-order valence-electron chi connectivity index (χ0n) is 9.67. The lowest BCUT2D eigenvalue weighted by molar-refractivity contribution is -0.133. The number of anilines is 1. The Morgan fingerprint density at radius 1 is 1.50 bits per heavy atom. The number of hydrogen-bond acceptors (Lipinski definition) is 5. The summed E-state index contributed by atoms with van der Waals surface area (Å²) >= 11 is 1.19. The number of aromatic nitrogens is 3. The zero-order valence-corrected chi connectivity index (χ0v) is 10.5. The molecule has 0 aromatic carbocycles. The van der Waals surface area contributed by atoms with Gasteiger partial charge in [-0.2, -0.15) is 0 Å². The lowest BCUT2D eigenvalue weighted by atomic mass is 10.6. The van der Waals surface area contributed by atoms with Gasteiger partial charge in [0.25, 0.3) is 0 Å². The highest BCUT2D eigenvalue weighted by Gasteiger charge is 2.14. The molecular weight excluding hydrogens is 228 g/mol. The molecule has 0 fully saturated rings. The molecule has 0 unspecified atom stereocenters. The first-order chi connectivity index (χ1) is 7.60. The molecule has 0 aliphatic rings. The monoisotopic (exact) mass is 244 g/mol. The van der Waals surface area contributed by atoms with Crippen LogP contribution in [0, 0.1) is 0 Å². The van der Waals surface area contributed by atoms with E-state index in [1.807, 2.05) is 30.4 Å². The number of thioether (sulfide) groups is 1. The number of aliphatic carboxylic acids is 1. The fourth-order valence-electron chi connectivity index (χ4n) is 1.21. The molecule has 16 heavy (non-hydrogen) atoms. The molecule has 90 valence electrons. The van der Waals surface area contributed by atoms with E-state index in [0.29, 0.717) is 5.16 Å². The number of carboxylic acids is 1. The summed E-state index contributed by atoms with van der Waals surface area (Å²) in [6.45, 7) is 5.58. The molecule has 1 N–H and O–H groups in total. The molecule has 0 saturated heterocycles. The molecule has 1 aromatic rings. The predicted molar refractivity (Wildman–Crippen MR) is 63.0 cm³/mol. The summed E-state index contributed by atoms with van der Waals surface area (Å²) < 4.78 is 1.91. The Kier molecular flexibility index (Phi) is 4.60. The fourth-order valence-corrected chi connectivity index (χ4v) is 1.93. The first-order valence-corrected chi connectivity index (χ1v) is 6.07. The van der Waals surface area contributed by atoms with Crippen molar-refractivity contribution < 1.29 is 9.90 Å². The van der Waals surface area contributed by atoms with Crippen LogP contribution in [0.3, 0.4) is 0 Å². The van der Waals surface area contributed by atoms with Crippen LogP contribution < -0.4 is 4.90 Å². The highest BCUT2D eigenvalue weighted by Crippen LogP contribution is 2.20. The maximum Gasteiger partial charge on any atom is 0.313 e. The summed E-state index contributed by atoms with van der Waals surface area (Å²) in [5.41, 5.74) is 0. The Morgan fingerprint density at radius 3 is 2.69 bits per heavy atom. The van der Waals surface area contributed by atoms with Crippen molar-refractivity contribution in [2.45, 2.75) is 25.5 Å². The van der Waals surface area contributed by atoms with Gasteiger partial charge in [-0.05, 0) is 13.8 Å². The van der Waals surface area contributed by atoms with Crippen LogP contribution in [0.25, 0.3) is 0 Å². The molecule has 1 heterocycles. The number of carboxylic acid groups (broad SMARTS) is 1. The van der Waals surface area contributed by atoms with Crippen molar-refractivity contribution in [1.82, 2.24) is 14.8 Å².